The molecule has 4 atom stereocenters. The van der Waals surface area contributed by atoms with E-state index in [0.29, 0.717) is 6.42 Å². The van der Waals surface area contributed by atoms with E-state index in [9.17, 15) is 28.2 Å². The minimum atomic E-state index is -1.11. The average molecular weight is 581 g/mol. The first-order valence-corrected chi connectivity index (χ1v) is 16.1. The Morgan fingerprint density at radius 2 is 1.72 bits per heavy atom. The fourth-order valence-electron chi connectivity index (χ4n) is 4.11. The first kappa shape index (κ1) is 32.5. The minimum Gasteiger partial charge on any atom is -0.350 e. The van der Waals surface area contributed by atoms with Crippen LogP contribution in [0.1, 0.15) is 58.4 Å². The second kappa shape index (κ2) is 17.1. The SMILES string of the molecule is CCNC(=O)C(=O)[C@H](Cc1ccccc1)NC(=O)[C@@H](NC(=O)CNC(=O)CCCCC1CCSS1=O)C(C)C. The van der Waals surface area contributed by atoms with E-state index in [2.05, 4.69) is 21.3 Å². The third-order valence-electron chi connectivity index (χ3n) is 6.28. The van der Waals surface area contributed by atoms with E-state index < -0.39 is 45.4 Å². The lowest BCUT2D eigenvalue weighted by molar-refractivity contribution is -0.140. The Kier molecular flexibility index (Phi) is 14.2. The van der Waals surface area contributed by atoms with E-state index >= 15 is 0 Å². The number of hydrogen-bond acceptors (Lipinski definition) is 7. The van der Waals surface area contributed by atoms with Gasteiger partial charge in [0.15, 0.2) is 0 Å². The van der Waals surface area contributed by atoms with Crippen molar-refractivity contribution in [2.45, 2.75) is 76.6 Å². The minimum absolute atomic E-state index is 0.118. The number of carbonyl (C=O) groups is 5. The second-order valence-corrected chi connectivity index (χ2v) is 13.3. The molecule has 39 heavy (non-hydrogen) atoms. The normalized spacial score (nSPS) is 18.2. The molecule has 0 aliphatic carbocycles. The monoisotopic (exact) mass is 580 g/mol. The first-order valence-electron chi connectivity index (χ1n) is 13.4. The molecule has 0 bridgehead atoms. The van der Waals surface area contributed by atoms with Crippen LogP contribution in [0.3, 0.4) is 0 Å². The standard InChI is InChI=1S/C27H40N4O6S2/c1-4-28-27(36)25(34)21(16-19-10-6-5-7-11-19)30-26(35)24(18(2)3)31-23(33)17-29-22(32)13-9-8-12-20-14-15-38-39(20)37/h5-7,10-11,18,20-21,24H,4,8-9,12-17H2,1-3H3,(H,28,36)(H,29,32)(H,30,35)(H,31,33)/t20?,21-,24-,39?/m0/s1. The van der Waals surface area contributed by atoms with E-state index in [0.717, 1.165) is 30.6 Å². The van der Waals surface area contributed by atoms with Gasteiger partial charge in [-0.2, -0.15) is 0 Å². The molecule has 2 unspecified atom stereocenters. The molecule has 4 N–H and O–H groups in total. The zero-order valence-electron chi connectivity index (χ0n) is 22.8. The number of nitrogens with one attached hydrogen (secondary N) is 4. The zero-order valence-corrected chi connectivity index (χ0v) is 24.5. The summed E-state index contributed by atoms with van der Waals surface area (Å²) in [6, 6.07) is 6.93. The summed E-state index contributed by atoms with van der Waals surface area (Å²) in [6.07, 6.45) is 3.59. The van der Waals surface area contributed by atoms with Crippen LogP contribution in [0.25, 0.3) is 0 Å². The van der Waals surface area contributed by atoms with Crippen LogP contribution in [0.2, 0.25) is 0 Å². The molecule has 1 saturated heterocycles. The second-order valence-electron chi connectivity index (χ2n) is 9.78. The van der Waals surface area contributed by atoms with Gasteiger partial charge in [-0.1, -0.05) is 61.4 Å². The Balaban J connectivity index is 1.87. The summed E-state index contributed by atoms with van der Waals surface area (Å²) in [5.74, 6) is -2.36. The largest absolute Gasteiger partial charge is 0.350 e. The quantitative estimate of drug-likeness (QED) is 0.131. The Morgan fingerprint density at radius 3 is 2.33 bits per heavy atom. The van der Waals surface area contributed by atoms with Gasteiger partial charge in [0.2, 0.25) is 23.5 Å². The smallest absolute Gasteiger partial charge is 0.289 e. The first-order chi connectivity index (χ1) is 18.6. The van der Waals surface area contributed by atoms with Crippen LogP contribution >= 0.6 is 10.8 Å². The van der Waals surface area contributed by atoms with Crippen molar-refractivity contribution in [1.82, 2.24) is 21.3 Å². The van der Waals surface area contributed by atoms with Gasteiger partial charge < -0.3 is 21.3 Å². The van der Waals surface area contributed by atoms with Gasteiger partial charge in [-0.15, -0.1) is 0 Å². The Morgan fingerprint density at radius 1 is 1.00 bits per heavy atom. The number of likely N-dealkylation sites (N-methyl/N-ethyl adjacent to an activating group) is 1. The number of hydrogen-bond donors (Lipinski definition) is 4. The number of unbranched alkanes of at least 4 members (excludes halogenated alkanes) is 1. The Hall–Kier alpha value is -2.73. The van der Waals surface area contributed by atoms with Crippen molar-refractivity contribution in [3.05, 3.63) is 35.9 Å². The maximum atomic E-state index is 13.1. The lowest BCUT2D eigenvalue weighted by Crippen LogP contribution is -2.57. The van der Waals surface area contributed by atoms with Crippen LogP contribution in [-0.4, -0.2) is 69.8 Å². The topological polar surface area (TPSA) is 151 Å². The molecule has 0 aromatic heterocycles. The highest BCUT2D eigenvalue weighted by molar-refractivity contribution is 8.69. The fraction of sp³-hybridized carbons (Fsp3) is 0.593. The van der Waals surface area contributed by atoms with E-state index in [1.54, 1.807) is 45.0 Å². The van der Waals surface area contributed by atoms with Gasteiger partial charge in [-0.3, -0.25) is 24.0 Å². The van der Waals surface area contributed by atoms with Crippen molar-refractivity contribution >= 4 is 50.0 Å². The van der Waals surface area contributed by atoms with Gasteiger partial charge in [0.1, 0.15) is 12.1 Å². The van der Waals surface area contributed by atoms with Crippen LogP contribution in [0, 0.1) is 5.92 Å². The zero-order chi connectivity index (χ0) is 28.8. The molecule has 1 heterocycles. The molecule has 1 aromatic carbocycles. The molecule has 10 nitrogen and oxygen atoms in total. The third kappa shape index (κ3) is 11.5. The van der Waals surface area contributed by atoms with E-state index in [4.69, 9.17) is 0 Å². The molecule has 2 rings (SSSR count). The van der Waals surface area contributed by atoms with Crippen molar-refractivity contribution < 1.29 is 28.2 Å². The maximum Gasteiger partial charge on any atom is 0.289 e. The lowest BCUT2D eigenvalue weighted by Gasteiger charge is -2.25. The van der Waals surface area contributed by atoms with Gasteiger partial charge in [0.05, 0.1) is 16.4 Å². The van der Waals surface area contributed by atoms with Crippen molar-refractivity contribution in [3.63, 3.8) is 0 Å². The third-order valence-corrected chi connectivity index (χ3v) is 9.94. The summed E-state index contributed by atoms with van der Waals surface area (Å²) in [5, 5.41) is 10.5. The predicted molar refractivity (Wildman–Crippen MR) is 153 cm³/mol. The highest BCUT2D eigenvalue weighted by atomic mass is 33.1. The van der Waals surface area contributed by atoms with Crippen LogP contribution in [0.5, 0.6) is 0 Å². The lowest BCUT2D eigenvalue weighted by atomic mass is 9.99. The van der Waals surface area contributed by atoms with Crippen LogP contribution in [0.4, 0.5) is 0 Å². The summed E-state index contributed by atoms with van der Waals surface area (Å²) in [6.45, 7) is 5.17. The summed E-state index contributed by atoms with van der Waals surface area (Å²) in [5.41, 5.74) is 0.767. The number of rotatable bonds is 16. The van der Waals surface area contributed by atoms with Crippen molar-refractivity contribution in [2.24, 2.45) is 5.92 Å². The summed E-state index contributed by atoms with van der Waals surface area (Å²) >= 11 is 0. The molecule has 1 fully saturated rings. The summed E-state index contributed by atoms with van der Waals surface area (Å²) < 4.78 is 11.8. The van der Waals surface area contributed by atoms with Gasteiger partial charge in [-0.25, -0.2) is 4.21 Å². The number of benzene rings is 1. The molecular formula is C27H40N4O6S2. The van der Waals surface area contributed by atoms with E-state index in [1.807, 2.05) is 6.07 Å². The van der Waals surface area contributed by atoms with Gasteiger partial charge in [-0.05, 0) is 37.7 Å². The number of amides is 4. The van der Waals surface area contributed by atoms with Gasteiger partial charge in [0, 0.05) is 30.4 Å². The predicted octanol–water partition coefficient (Wildman–Crippen LogP) is 1.41. The molecule has 1 aromatic rings. The Labute approximate surface area is 236 Å². The molecule has 0 spiro atoms. The Bertz CT molecular complexity index is 1020. The number of ketones is 1. The molecule has 0 saturated carbocycles. The fourth-order valence-corrected chi connectivity index (χ4v) is 7.60. The highest BCUT2D eigenvalue weighted by Gasteiger charge is 2.31. The average Bonchev–Trinajstić information content (AvgIpc) is 3.32. The van der Waals surface area contributed by atoms with E-state index in [-0.39, 0.29) is 43.0 Å². The molecule has 1 aliphatic rings. The van der Waals surface area contributed by atoms with Crippen molar-refractivity contribution in [2.75, 3.05) is 18.8 Å². The maximum absolute atomic E-state index is 13.1. The molecule has 4 amide bonds. The molecule has 0 radical (unpaired) electrons. The van der Waals surface area contributed by atoms with Crippen LogP contribution in [0.15, 0.2) is 30.3 Å². The number of carbonyl (C=O) groups excluding carboxylic acids is 5. The molecular weight excluding hydrogens is 540 g/mol. The van der Waals surface area contributed by atoms with Crippen LogP contribution < -0.4 is 21.3 Å². The van der Waals surface area contributed by atoms with Crippen molar-refractivity contribution in [1.29, 1.82) is 0 Å². The van der Waals surface area contributed by atoms with Crippen LogP contribution in [-0.2, 0) is 40.2 Å². The highest BCUT2D eigenvalue weighted by Crippen LogP contribution is 2.29. The van der Waals surface area contributed by atoms with E-state index in [1.165, 1.54) is 10.8 Å². The van der Waals surface area contributed by atoms with Gasteiger partial charge >= 0.3 is 0 Å². The molecule has 1 aliphatic heterocycles. The number of Topliss-reactive ketones (excluding diaryl/α,β-unsaturated/α-hetero) is 1. The summed E-state index contributed by atoms with van der Waals surface area (Å²) in [7, 11) is 0.656. The molecule has 216 valence electrons. The summed E-state index contributed by atoms with van der Waals surface area (Å²) in [4.78, 5) is 62.8. The molecule has 12 heteroatoms. The van der Waals surface area contributed by atoms with Gasteiger partial charge in [0.25, 0.3) is 5.91 Å². The van der Waals surface area contributed by atoms with Crippen molar-refractivity contribution in [3.8, 4) is 0 Å².